The molecule has 0 radical (unpaired) electrons. The zero-order valence-corrected chi connectivity index (χ0v) is 14.0. The molecule has 2 aromatic carbocycles. The van der Waals surface area contributed by atoms with Gasteiger partial charge in [0, 0.05) is 35.8 Å². The largest absolute Gasteiger partial charge is 0.358 e. The molecule has 0 bridgehead atoms. The maximum Gasteiger partial charge on any atom is 0.253 e. The number of fused-ring (bicyclic) bond motifs is 1. The van der Waals surface area contributed by atoms with E-state index in [0.717, 1.165) is 31.5 Å². The summed E-state index contributed by atoms with van der Waals surface area (Å²) >= 11 is 0. The van der Waals surface area contributed by atoms with Crippen LogP contribution in [-0.4, -0.2) is 28.9 Å². The third kappa shape index (κ3) is 2.82. The van der Waals surface area contributed by atoms with Crippen LogP contribution in [0.2, 0.25) is 0 Å². The van der Waals surface area contributed by atoms with Gasteiger partial charge in [0.15, 0.2) is 0 Å². The number of aryl methyl sites for hydroxylation is 1. The van der Waals surface area contributed by atoms with E-state index in [9.17, 15) is 4.79 Å². The number of benzene rings is 2. The summed E-state index contributed by atoms with van der Waals surface area (Å²) in [7, 11) is 0. The van der Waals surface area contributed by atoms with Gasteiger partial charge in [0.25, 0.3) is 5.91 Å². The van der Waals surface area contributed by atoms with Gasteiger partial charge in [-0.1, -0.05) is 29.8 Å². The van der Waals surface area contributed by atoms with Gasteiger partial charge in [-0.2, -0.15) is 0 Å². The first-order chi connectivity index (χ1) is 11.7. The molecule has 1 unspecified atom stereocenters. The number of amides is 1. The van der Waals surface area contributed by atoms with Crippen LogP contribution in [0.5, 0.6) is 0 Å². The fraction of sp³-hybridized carbons (Fsp3) is 0.286. The van der Waals surface area contributed by atoms with Gasteiger partial charge in [0.05, 0.1) is 0 Å². The van der Waals surface area contributed by atoms with Crippen molar-refractivity contribution < 1.29 is 4.79 Å². The number of nitrogens with zero attached hydrogens (tertiary/aromatic N) is 1. The second-order valence-electron chi connectivity index (χ2n) is 6.77. The molecule has 1 aliphatic heterocycles. The van der Waals surface area contributed by atoms with Gasteiger partial charge in [0.1, 0.15) is 0 Å². The van der Waals surface area contributed by atoms with Crippen molar-refractivity contribution in [3.8, 4) is 0 Å². The molecule has 1 fully saturated rings. The van der Waals surface area contributed by atoms with Crippen LogP contribution in [0.15, 0.2) is 54.6 Å². The maximum absolute atomic E-state index is 12.7. The van der Waals surface area contributed by atoms with Crippen molar-refractivity contribution in [2.75, 3.05) is 13.1 Å². The van der Waals surface area contributed by atoms with Crippen LogP contribution in [0.1, 0.15) is 40.4 Å². The lowest BCUT2D eigenvalue weighted by molar-refractivity contribution is 0.0706. The first-order valence-electron chi connectivity index (χ1n) is 8.64. The van der Waals surface area contributed by atoms with Gasteiger partial charge in [0.2, 0.25) is 0 Å². The number of rotatable bonds is 2. The quantitative estimate of drug-likeness (QED) is 0.742. The van der Waals surface area contributed by atoms with Crippen molar-refractivity contribution in [1.82, 2.24) is 9.88 Å². The molecular formula is C21H22N2O. The number of nitrogens with one attached hydrogen (secondary N) is 1. The molecule has 1 aromatic heterocycles. The van der Waals surface area contributed by atoms with E-state index in [0.29, 0.717) is 5.92 Å². The van der Waals surface area contributed by atoms with Crippen LogP contribution >= 0.6 is 0 Å². The van der Waals surface area contributed by atoms with Crippen LogP contribution in [0, 0.1) is 6.92 Å². The number of carbonyl (C=O) groups is 1. The summed E-state index contributed by atoms with van der Waals surface area (Å²) in [6, 6.07) is 18.3. The molecule has 1 N–H and O–H groups in total. The van der Waals surface area contributed by atoms with E-state index >= 15 is 0 Å². The molecular weight excluding hydrogens is 296 g/mol. The first-order valence-corrected chi connectivity index (χ1v) is 8.64. The molecule has 2 heterocycles. The summed E-state index contributed by atoms with van der Waals surface area (Å²) in [6.07, 6.45) is 2.18. The summed E-state index contributed by atoms with van der Waals surface area (Å²) in [4.78, 5) is 18.3. The summed E-state index contributed by atoms with van der Waals surface area (Å²) in [5, 5.41) is 1.26. The van der Waals surface area contributed by atoms with E-state index < -0.39 is 0 Å². The van der Waals surface area contributed by atoms with Gasteiger partial charge >= 0.3 is 0 Å². The second kappa shape index (κ2) is 6.16. The molecule has 24 heavy (non-hydrogen) atoms. The topological polar surface area (TPSA) is 36.1 Å². The van der Waals surface area contributed by atoms with Crippen LogP contribution in [0.25, 0.3) is 10.9 Å². The summed E-state index contributed by atoms with van der Waals surface area (Å²) in [6.45, 7) is 3.76. The van der Waals surface area contributed by atoms with Gasteiger partial charge in [-0.05, 0) is 55.5 Å². The Morgan fingerprint density at radius 2 is 1.96 bits per heavy atom. The Labute approximate surface area is 142 Å². The third-order valence-corrected chi connectivity index (χ3v) is 4.97. The van der Waals surface area contributed by atoms with Crippen LogP contribution in [0.3, 0.4) is 0 Å². The number of aromatic nitrogens is 1. The minimum absolute atomic E-state index is 0.146. The predicted molar refractivity (Wildman–Crippen MR) is 97.4 cm³/mol. The lowest BCUT2D eigenvalue weighted by Gasteiger charge is -2.32. The third-order valence-electron chi connectivity index (χ3n) is 4.97. The second-order valence-corrected chi connectivity index (χ2v) is 6.77. The SMILES string of the molecule is Cc1ccc2[nH]c(C3CCCN(C(=O)c4ccccc4)C3)cc2c1. The van der Waals surface area contributed by atoms with Crippen molar-refractivity contribution in [2.45, 2.75) is 25.7 Å². The van der Waals surface area contributed by atoms with E-state index in [1.54, 1.807) is 0 Å². The van der Waals surface area contributed by atoms with Gasteiger partial charge in [-0.15, -0.1) is 0 Å². The average Bonchev–Trinajstić information content (AvgIpc) is 3.05. The van der Waals surface area contributed by atoms with Crippen LogP contribution in [0.4, 0.5) is 0 Å². The minimum Gasteiger partial charge on any atom is -0.358 e. The molecule has 3 heteroatoms. The fourth-order valence-corrected chi connectivity index (χ4v) is 3.67. The number of carbonyl (C=O) groups excluding carboxylic acids is 1. The Kier molecular flexibility index (Phi) is 3.85. The zero-order chi connectivity index (χ0) is 16.5. The van der Waals surface area contributed by atoms with E-state index in [-0.39, 0.29) is 5.91 Å². The van der Waals surface area contributed by atoms with Crippen molar-refractivity contribution in [3.05, 3.63) is 71.4 Å². The number of hydrogen-bond donors (Lipinski definition) is 1. The molecule has 1 aliphatic rings. The normalized spacial score (nSPS) is 18.0. The molecule has 0 aliphatic carbocycles. The standard InChI is InChI=1S/C21H22N2O/c1-15-9-10-19-18(12-15)13-20(22-19)17-8-5-11-23(14-17)21(24)16-6-3-2-4-7-16/h2-4,6-7,9-10,12-13,17,22H,5,8,11,14H2,1H3. The highest BCUT2D eigenvalue weighted by Gasteiger charge is 2.26. The van der Waals surface area contributed by atoms with Crippen molar-refractivity contribution in [1.29, 1.82) is 0 Å². The van der Waals surface area contributed by atoms with E-state index in [2.05, 4.69) is 36.2 Å². The van der Waals surface area contributed by atoms with E-state index in [1.807, 2.05) is 35.2 Å². The Hall–Kier alpha value is -2.55. The number of likely N-dealkylation sites (tertiary alicyclic amines) is 1. The number of aromatic amines is 1. The van der Waals surface area contributed by atoms with Gasteiger partial charge in [-0.25, -0.2) is 0 Å². The highest BCUT2D eigenvalue weighted by Crippen LogP contribution is 2.30. The lowest BCUT2D eigenvalue weighted by Crippen LogP contribution is -2.39. The molecule has 1 atom stereocenters. The molecule has 3 nitrogen and oxygen atoms in total. The number of hydrogen-bond acceptors (Lipinski definition) is 1. The highest BCUT2D eigenvalue weighted by atomic mass is 16.2. The summed E-state index contributed by atoms with van der Waals surface area (Å²) in [5.74, 6) is 0.534. The Bertz CT molecular complexity index is 866. The molecule has 1 saturated heterocycles. The zero-order valence-electron chi connectivity index (χ0n) is 14.0. The molecule has 122 valence electrons. The smallest absolute Gasteiger partial charge is 0.253 e. The van der Waals surface area contributed by atoms with Crippen LogP contribution in [-0.2, 0) is 0 Å². The monoisotopic (exact) mass is 318 g/mol. The van der Waals surface area contributed by atoms with E-state index in [4.69, 9.17) is 0 Å². The van der Waals surface area contributed by atoms with E-state index in [1.165, 1.54) is 22.2 Å². The predicted octanol–water partition coefficient (Wildman–Crippen LogP) is 4.50. The molecule has 1 amide bonds. The number of piperidine rings is 1. The summed E-state index contributed by atoms with van der Waals surface area (Å²) < 4.78 is 0. The van der Waals surface area contributed by atoms with Gasteiger partial charge < -0.3 is 9.88 Å². The van der Waals surface area contributed by atoms with Crippen molar-refractivity contribution in [3.63, 3.8) is 0 Å². The maximum atomic E-state index is 12.7. The minimum atomic E-state index is 0.146. The molecule has 3 aromatic rings. The Balaban J connectivity index is 1.56. The lowest BCUT2D eigenvalue weighted by atomic mass is 9.94. The molecule has 0 spiro atoms. The summed E-state index contributed by atoms with van der Waals surface area (Å²) in [5.41, 5.74) is 4.49. The average molecular weight is 318 g/mol. The number of H-pyrrole nitrogens is 1. The van der Waals surface area contributed by atoms with Crippen molar-refractivity contribution in [2.24, 2.45) is 0 Å². The molecule has 4 rings (SSSR count). The Morgan fingerprint density at radius 3 is 2.79 bits per heavy atom. The Morgan fingerprint density at radius 1 is 1.12 bits per heavy atom. The fourth-order valence-electron chi connectivity index (χ4n) is 3.67. The highest BCUT2D eigenvalue weighted by molar-refractivity contribution is 5.94. The molecule has 0 saturated carbocycles. The van der Waals surface area contributed by atoms with Gasteiger partial charge in [-0.3, -0.25) is 4.79 Å². The van der Waals surface area contributed by atoms with Crippen LogP contribution < -0.4 is 0 Å². The first kappa shape index (κ1) is 15.0. The van der Waals surface area contributed by atoms with Crippen molar-refractivity contribution >= 4 is 16.8 Å².